The molecule has 1 aromatic heterocycles. The molecule has 2 aromatic carbocycles. The van der Waals surface area contributed by atoms with Gasteiger partial charge in [-0.05, 0) is 41.0 Å². The fourth-order valence-corrected chi connectivity index (χ4v) is 2.60. The highest BCUT2D eigenvalue weighted by atomic mass is 16.4. The maximum atomic E-state index is 10.6. The minimum Gasteiger partial charge on any atom is -0.463 e. The number of fused-ring (bicyclic) bond motifs is 1. The van der Waals surface area contributed by atoms with Crippen LogP contribution in [-0.2, 0) is 6.42 Å². The molecule has 0 amide bonds. The van der Waals surface area contributed by atoms with Crippen LogP contribution in [0.5, 0.6) is 0 Å². The first-order valence-electron chi connectivity index (χ1n) is 6.95. The Morgan fingerprint density at radius 2 is 1.75 bits per heavy atom. The van der Waals surface area contributed by atoms with E-state index >= 15 is 0 Å². The molecule has 20 heavy (non-hydrogen) atoms. The molecule has 0 spiro atoms. The lowest BCUT2D eigenvalue weighted by atomic mass is 9.96. The SMILES string of the molecule is CCc1ccc(C(O)c2ccc(C)c3ccccc23)o1. The van der Waals surface area contributed by atoms with Gasteiger partial charge in [0, 0.05) is 6.42 Å². The normalized spacial score (nSPS) is 12.8. The molecule has 2 heteroatoms. The zero-order chi connectivity index (χ0) is 14.1. The molecule has 1 N–H and O–H groups in total. The van der Waals surface area contributed by atoms with Gasteiger partial charge in [0.05, 0.1) is 0 Å². The first-order valence-corrected chi connectivity index (χ1v) is 6.95. The van der Waals surface area contributed by atoms with E-state index in [0.29, 0.717) is 5.76 Å². The van der Waals surface area contributed by atoms with Gasteiger partial charge in [0.1, 0.15) is 17.6 Å². The Balaban J connectivity index is 2.12. The third-order valence-electron chi connectivity index (χ3n) is 3.77. The second-order valence-corrected chi connectivity index (χ2v) is 5.08. The average Bonchev–Trinajstić information content (AvgIpc) is 2.96. The number of aliphatic hydroxyl groups excluding tert-OH is 1. The standard InChI is InChI=1S/C18H18O2/c1-3-13-9-11-17(20-13)18(19)16-10-8-12(2)14-6-4-5-7-15(14)16/h4-11,18-19H,3H2,1-2H3. The highest BCUT2D eigenvalue weighted by Crippen LogP contribution is 2.31. The van der Waals surface area contributed by atoms with Crippen LogP contribution in [0.15, 0.2) is 52.9 Å². The average molecular weight is 266 g/mol. The van der Waals surface area contributed by atoms with Crippen LogP contribution in [0.3, 0.4) is 0 Å². The van der Waals surface area contributed by atoms with Gasteiger partial charge in [-0.25, -0.2) is 0 Å². The van der Waals surface area contributed by atoms with Gasteiger partial charge < -0.3 is 9.52 Å². The molecule has 0 saturated carbocycles. The van der Waals surface area contributed by atoms with E-state index in [-0.39, 0.29) is 0 Å². The van der Waals surface area contributed by atoms with Crippen LogP contribution in [0.2, 0.25) is 0 Å². The molecule has 0 bridgehead atoms. The van der Waals surface area contributed by atoms with Crippen molar-refractivity contribution < 1.29 is 9.52 Å². The van der Waals surface area contributed by atoms with Gasteiger partial charge in [0.15, 0.2) is 0 Å². The molecule has 1 unspecified atom stereocenters. The Labute approximate surface area is 118 Å². The van der Waals surface area contributed by atoms with Crippen LogP contribution < -0.4 is 0 Å². The van der Waals surface area contributed by atoms with Crippen molar-refractivity contribution in [3.05, 3.63) is 71.2 Å². The van der Waals surface area contributed by atoms with E-state index in [1.165, 1.54) is 10.9 Å². The maximum absolute atomic E-state index is 10.6. The van der Waals surface area contributed by atoms with E-state index in [2.05, 4.69) is 13.0 Å². The van der Waals surface area contributed by atoms with Gasteiger partial charge in [0.2, 0.25) is 0 Å². The van der Waals surface area contributed by atoms with Gasteiger partial charge in [-0.1, -0.05) is 43.3 Å². The van der Waals surface area contributed by atoms with E-state index in [0.717, 1.165) is 23.1 Å². The van der Waals surface area contributed by atoms with E-state index < -0.39 is 6.10 Å². The fourth-order valence-electron chi connectivity index (χ4n) is 2.60. The van der Waals surface area contributed by atoms with Crippen molar-refractivity contribution in [2.45, 2.75) is 26.4 Å². The fraction of sp³-hybridized carbons (Fsp3) is 0.222. The largest absolute Gasteiger partial charge is 0.463 e. The van der Waals surface area contributed by atoms with Crippen molar-refractivity contribution in [3.63, 3.8) is 0 Å². The number of hydrogen-bond donors (Lipinski definition) is 1. The lowest BCUT2D eigenvalue weighted by molar-refractivity contribution is 0.188. The van der Waals surface area contributed by atoms with Gasteiger partial charge in [-0.3, -0.25) is 0 Å². The number of rotatable bonds is 3. The van der Waals surface area contributed by atoms with Crippen molar-refractivity contribution >= 4 is 10.8 Å². The lowest BCUT2D eigenvalue weighted by Gasteiger charge is -2.13. The minimum atomic E-state index is -0.721. The highest BCUT2D eigenvalue weighted by molar-refractivity contribution is 5.89. The maximum Gasteiger partial charge on any atom is 0.137 e. The van der Waals surface area contributed by atoms with Crippen molar-refractivity contribution in [1.29, 1.82) is 0 Å². The Bertz CT molecular complexity index is 740. The first-order chi connectivity index (χ1) is 9.70. The van der Waals surface area contributed by atoms with Gasteiger partial charge in [-0.15, -0.1) is 0 Å². The monoisotopic (exact) mass is 266 g/mol. The van der Waals surface area contributed by atoms with Crippen LogP contribution in [0.1, 0.15) is 35.7 Å². The third kappa shape index (κ3) is 2.12. The van der Waals surface area contributed by atoms with E-state index in [4.69, 9.17) is 4.42 Å². The molecule has 3 aromatic rings. The number of furan rings is 1. The van der Waals surface area contributed by atoms with E-state index in [1.54, 1.807) is 0 Å². The summed E-state index contributed by atoms with van der Waals surface area (Å²) in [6.07, 6.45) is 0.113. The molecule has 0 radical (unpaired) electrons. The van der Waals surface area contributed by atoms with Crippen LogP contribution in [-0.4, -0.2) is 5.11 Å². The quantitative estimate of drug-likeness (QED) is 0.763. The molecule has 0 aliphatic carbocycles. The molecule has 0 saturated heterocycles. The second kappa shape index (κ2) is 5.14. The molecule has 3 rings (SSSR count). The third-order valence-corrected chi connectivity index (χ3v) is 3.77. The van der Waals surface area contributed by atoms with Gasteiger partial charge >= 0.3 is 0 Å². The van der Waals surface area contributed by atoms with Gasteiger partial charge in [-0.2, -0.15) is 0 Å². The van der Waals surface area contributed by atoms with Crippen molar-refractivity contribution in [2.24, 2.45) is 0 Å². The summed E-state index contributed by atoms with van der Waals surface area (Å²) in [4.78, 5) is 0. The van der Waals surface area contributed by atoms with Crippen LogP contribution in [0.25, 0.3) is 10.8 Å². The molecular weight excluding hydrogens is 248 g/mol. The summed E-state index contributed by atoms with van der Waals surface area (Å²) in [5.41, 5.74) is 2.11. The molecule has 2 nitrogen and oxygen atoms in total. The van der Waals surface area contributed by atoms with Crippen molar-refractivity contribution in [1.82, 2.24) is 0 Å². The summed E-state index contributed by atoms with van der Waals surface area (Å²) < 4.78 is 5.68. The molecule has 1 atom stereocenters. The summed E-state index contributed by atoms with van der Waals surface area (Å²) >= 11 is 0. The van der Waals surface area contributed by atoms with Crippen molar-refractivity contribution in [2.75, 3.05) is 0 Å². The minimum absolute atomic E-state index is 0.607. The summed E-state index contributed by atoms with van der Waals surface area (Å²) in [6, 6.07) is 16.0. The zero-order valence-electron chi connectivity index (χ0n) is 11.8. The predicted molar refractivity (Wildman–Crippen MR) is 80.8 cm³/mol. The molecule has 102 valence electrons. The van der Waals surface area contributed by atoms with E-state index in [9.17, 15) is 5.11 Å². The summed E-state index contributed by atoms with van der Waals surface area (Å²) in [7, 11) is 0. The number of benzene rings is 2. The molecular formula is C18H18O2. The topological polar surface area (TPSA) is 33.4 Å². The highest BCUT2D eigenvalue weighted by Gasteiger charge is 2.17. The molecule has 0 fully saturated rings. The molecule has 1 heterocycles. The Kier molecular flexibility index (Phi) is 3.33. The summed E-state index contributed by atoms with van der Waals surface area (Å²) in [5, 5.41) is 12.8. The smallest absolute Gasteiger partial charge is 0.137 e. The number of aliphatic hydroxyl groups is 1. The van der Waals surface area contributed by atoms with Gasteiger partial charge in [0.25, 0.3) is 0 Å². The van der Waals surface area contributed by atoms with E-state index in [1.807, 2.05) is 49.4 Å². The Morgan fingerprint density at radius 1 is 1.00 bits per heavy atom. The number of hydrogen-bond acceptors (Lipinski definition) is 2. The van der Waals surface area contributed by atoms with Crippen molar-refractivity contribution in [3.8, 4) is 0 Å². The number of aryl methyl sites for hydroxylation is 2. The predicted octanol–water partition coefficient (Wildman–Crippen LogP) is 4.39. The summed E-state index contributed by atoms with van der Waals surface area (Å²) in [6.45, 7) is 4.12. The zero-order valence-corrected chi connectivity index (χ0v) is 11.8. The summed E-state index contributed by atoms with van der Waals surface area (Å²) in [5.74, 6) is 1.51. The Morgan fingerprint density at radius 3 is 2.45 bits per heavy atom. The second-order valence-electron chi connectivity index (χ2n) is 5.08. The van der Waals surface area contributed by atoms with Crippen LogP contribution >= 0.6 is 0 Å². The first kappa shape index (κ1) is 12.9. The van der Waals surface area contributed by atoms with Crippen LogP contribution in [0.4, 0.5) is 0 Å². The lowest BCUT2D eigenvalue weighted by Crippen LogP contribution is -1.99. The Hall–Kier alpha value is -2.06. The van der Waals surface area contributed by atoms with Crippen LogP contribution in [0, 0.1) is 6.92 Å². The molecule has 0 aliphatic heterocycles. The molecule has 0 aliphatic rings.